The first-order valence-electron chi connectivity index (χ1n) is 22.5. The van der Waals surface area contributed by atoms with Crippen LogP contribution in [0.2, 0.25) is 5.02 Å². The van der Waals surface area contributed by atoms with Crippen molar-refractivity contribution in [3.63, 3.8) is 0 Å². The number of nitriles is 1. The summed E-state index contributed by atoms with van der Waals surface area (Å²) in [6.07, 6.45) is 2.33. The number of aromatic nitrogens is 1. The van der Waals surface area contributed by atoms with Gasteiger partial charge in [0.1, 0.15) is 30.0 Å². The zero-order chi connectivity index (χ0) is 47.4. The fourth-order valence-corrected chi connectivity index (χ4v) is 10.7. The van der Waals surface area contributed by atoms with E-state index in [0.29, 0.717) is 28.3 Å². The molecule has 1 aliphatic carbocycles. The third-order valence-electron chi connectivity index (χ3n) is 13.1. The Hall–Kier alpha value is -5.29. The van der Waals surface area contributed by atoms with Crippen LogP contribution >= 0.6 is 22.9 Å². The number of nitrogens with zero attached hydrogens (tertiary/aromatic N) is 3. The molecule has 1 saturated heterocycles. The van der Waals surface area contributed by atoms with Crippen molar-refractivity contribution in [2.24, 2.45) is 16.2 Å². The molecule has 2 aliphatic rings. The molecule has 0 spiro atoms. The van der Waals surface area contributed by atoms with E-state index in [0.717, 1.165) is 46.5 Å². The van der Waals surface area contributed by atoms with Gasteiger partial charge in [0.2, 0.25) is 17.7 Å². The topological polar surface area (TPSA) is 174 Å². The Bertz CT molecular complexity index is 2390. The van der Waals surface area contributed by atoms with Gasteiger partial charge in [-0.25, -0.2) is 4.98 Å². The fraction of sp³-hybridized carbons (Fsp3) is 0.490. The third-order valence-corrected chi connectivity index (χ3v) is 14.4. The van der Waals surface area contributed by atoms with Gasteiger partial charge in [-0.1, -0.05) is 103 Å². The Labute approximate surface area is 392 Å². The van der Waals surface area contributed by atoms with Gasteiger partial charge in [-0.3, -0.25) is 19.2 Å². The molecule has 1 aromatic heterocycles. The number of halogens is 1. The van der Waals surface area contributed by atoms with Gasteiger partial charge in [0.25, 0.3) is 5.91 Å². The zero-order valence-corrected chi connectivity index (χ0v) is 40.5. The highest BCUT2D eigenvalue weighted by Gasteiger charge is 2.64. The van der Waals surface area contributed by atoms with Crippen molar-refractivity contribution in [2.45, 2.75) is 137 Å². The number of thiazole rings is 1. The van der Waals surface area contributed by atoms with Crippen molar-refractivity contribution >= 4 is 46.6 Å². The Balaban J connectivity index is 0.946. The maximum atomic E-state index is 14.1. The average molecular weight is 924 g/mol. The number of aliphatic hydroxyl groups is 1. The highest BCUT2D eigenvalue weighted by atomic mass is 35.5. The van der Waals surface area contributed by atoms with Crippen LogP contribution in [0.25, 0.3) is 10.4 Å². The van der Waals surface area contributed by atoms with Gasteiger partial charge in [-0.15, -0.1) is 11.3 Å². The first-order chi connectivity index (χ1) is 30.6. The first-order valence-corrected chi connectivity index (χ1v) is 23.7. The number of unbranched alkanes of at least 4 members (excludes halogenated alkanes) is 2. The molecular weight excluding hydrogens is 860 g/mol. The van der Waals surface area contributed by atoms with Gasteiger partial charge in [-0.05, 0) is 79.5 Å². The quantitative estimate of drug-likeness (QED) is 0.0808. The number of β-amino-alcohol motifs (C(OH)–C–C–N with tert-alkyl or cyclic N) is 1. The van der Waals surface area contributed by atoms with Crippen LogP contribution in [-0.2, 0) is 20.8 Å². The molecule has 1 aliphatic heterocycles. The smallest absolute Gasteiger partial charge is 0.251 e. The van der Waals surface area contributed by atoms with Crippen LogP contribution in [-0.4, -0.2) is 75.5 Å². The maximum absolute atomic E-state index is 14.1. The fourth-order valence-electron chi connectivity index (χ4n) is 9.67. The van der Waals surface area contributed by atoms with Crippen molar-refractivity contribution in [3.8, 4) is 22.3 Å². The molecule has 14 heteroatoms. The van der Waals surface area contributed by atoms with E-state index in [1.165, 1.54) is 4.90 Å². The molecule has 12 nitrogen and oxygen atoms in total. The molecule has 65 heavy (non-hydrogen) atoms. The number of carbonyl (C=O) groups is 4. The minimum absolute atomic E-state index is 0.00735. The summed E-state index contributed by atoms with van der Waals surface area (Å²) >= 11 is 7.82. The number of nitrogens with one attached hydrogen (secondary N) is 3. The molecule has 0 bridgehead atoms. The number of aliphatic hydroxyl groups excluding tert-OH is 1. The molecule has 1 saturated carbocycles. The Morgan fingerprint density at radius 2 is 1.66 bits per heavy atom. The lowest BCUT2D eigenvalue weighted by Crippen LogP contribution is -2.74. The minimum Gasteiger partial charge on any atom is -0.489 e. The molecular formula is C51H63ClN6O6S. The number of ether oxygens (including phenoxy) is 1. The highest BCUT2D eigenvalue weighted by molar-refractivity contribution is 7.13. The summed E-state index contributed by atoms with van der Waals surface area (Å²) in [5, 5.41) is 29.5. The van der Waals surface area contributed by atoms with Crippen molar-refractivity contribution in [2.75, 3.05) is 6.54 Å². The number of carbonyl (C=O) groups excluding carboxylic acids is 4. The lowest BCUT2D eigenvalue weighted by molar-refractivity contribution is -0.164. The van der Waals surface area contributed by atoms with E-state index in [2.05, 4.69) is 54.7 Å². The number of amides is 4. The van der Waals surface area contributed by atoms with Crippen LogP contribution in [0.3, 0.4) is 0 Å². The summed E-state index contributed by atoms with van der Waals surface area (Å²) < 4.78 is 6.36. The molecule has 3 aromatic carbocycles. The Kier molecular flexibility index (Phi) is 15.2. The van der Waals surface area contributed by atoms with E-state index in [4.69, 9.17) is 16.3 Å². The maximum Gasteiger partial charge on any atom is 0.251 e. The van der Waals surface area contributed by atoms with Crippen LogP contribution in [0.1, 0.15) is 126 Å². The molecule has 6 rings (SSSR count). The van der Waals surface area contributed by atoms with Crippen molar-refractivity contribution in [1.82, 2.24) is 25.8 Å². The molecule has 2 fully saturated rings. The van der Waals surface area contributed by atoms with E-state index in [-0.39, 0.29) is 72.0 Å². The second kappa shape index (κ2) is 20.1. The number of benzene rings is 3. The van der Waals surface area contributed by atoms with E-state index in [9.17, 15) is 29.5 Å². The molecule has 4 N–H and O–H groups in total. The second-order valence-corrected chi connectivity index (χ2v) is 21.2. The van der Waals surface area contributed by atoms with E-state index >= 15 is 0 Å². The van der Waals surface area contributed by atoms with Gasteiger partial charge < -0.3 is 30.7 Å². The summed E-state index contributed by atoms with van der Waals surface area (Å²) in [5.74, 6) is -0.559. The van der Waals surface area contributed by atoms with Crippen LogP contribution in [0.15, 0.2) is 72.2 Å². The standard InChI is InChI=1S/C51H63ClN6O6S/c1-30(33-19-21-34(22-20-33)42-31(2)54-29-65-42)55-45(62)40-25-37(59)28-58(40)46(63)43(49(3,4)5)56-41(60)14-12-10-11-13-32-15-17-35(18-16-32)44(61)57-47-50(6,7)48(51(47,8)9)64-38-24-23-36(27-53)39(52)26-38/h15-24,26,29-30,37,40,43,47-48,59H,10-14,25,28H2,1-9H3,(H,55,62)(H,56,60)(H,57,61)/t30-,37+,40-,43+,47?,48?/m0/s1. The predicted molar refractivity (Wildman–Crippen MR) is 254 cm³/mol. The number of rotatable bonds is 16. The van der Waals surface area contributed by atoms with Gasteiger partial charge >= 0.3 is 0 Å². The molecule has 4 atom stereocenters. The number of hydrogen-bond acceptors (Lipinski definition) is 9. The molecule has 0 radical (unpaired) electrons. The zero-order valence-electron chi connectivity index (χ0n) is 39.0. The monoisotopic (exact) mass is 922 g/mol. The van der Waals surface area contributed by atoms with Gasteiger partial charge in [0, 0.05) is 47.9 Å². The second-order valence-electron chi connectivity index (χ2n) is 19.9. The molecule has 4 amide bonds. The molecule has 0 unspecified atom stereocenters. The third kappa shape index (κ3) is 11.2. The van der Waals surface area contributed by atoms with Gasteiger partial charge in [0.15, 0.2) is 0 Å². The van der Waals surface area contributed by atoms with E-state index < -0.39 is 23.6 Å². The molecule has 4 aromatic rings. The Morgan fingerprint density at radius 1 is 0.985 bits per heavy atom. The summed E-state index contributed by atoms with van der Waals surface area (Å²) in [7, 11) is 0. The van der Waals surface area contributed by atoms with E-state index in [1.54, 1.807) is 29.5 Å². The normalized spacial score (nSPS) is 20.7. The molecule has 346 valence electrons. The number of hydrogen-bond donors (Lipinski definition) is 4. The van der Waals surface area contributed by atoms with Crippen molar-refractivity contribution < 1.29 is 29.0 Å². The van der Waals surface area contributed by atoms with Crippen molar-refractivity contribution in [3.05, 3.63) is 105 Å². The first kappa shape index (κ1) is 49.2. The molecule has 2 heterocycles. The average Bonchev–Trinajstić information content (AvgIpc) is 3.88. The lowest BCUT2D eigenvalue weighted by Gasteiger charge is -2.63. The number of aryl methyl sites for hydroxylation is 2. The minimum atomic E-state index is -0.892. The predicted octanol–water partition coefficient (Wildman–Crippen LogP) is 8.73. The summed E-state index contributed by atoms with van der Waals surface area (Å²) in [6, 6.07) is 20.4. The highest BCUT2D eigenvalue weighted by Crippen LogP contribution is 2.55. The van der Waals surface area contributed by atoms with Crippen LogP contribution in [0.5, 0.6) is 5.75 Å². The van der Waals surface area contributed by atoms with E-state index in [1.807, 2.05) is 88.7 Å². The summed E-state index contributed by atoms with van der Waals surface area (Å²) in [5.41, 5.74) is 5.37. The van der Waals surface area contributed by atoms with Gasteiger partial charge in [0.05, 0.1) is 38.8 Å². The lowest BCUT2D eigenvalue weighted by atomic mass is 9.49. The summed E-state index contributed by atoms with van der Waals surface area (Å²) in [6.45, 7) is 17.8. The number of likely N-dealkylation sites (tertiary alicyclic amines) is 1. The van der Waals surface area contributed by atoms with Crippen molar-refractivity contribution in [1.29, 1.82) is 5.26 Å². The van der Waals surface area contributed by atoms with Crippen LogP contribution in [0.4, 0.5) is 0 Å². The van der Waals surface area contributed by atoms with Crippen LogP contribution < -0.4 is 20.7 Å². The Morgan fingerprint density at radius 3 is 2.26 bits per heavy atom. The largest absolute Gasteiger partial charge is 0.489 e. The summed E-state index contributed by atoms with van der Waals surface area (Å²) in [4.78, 5) is 61.4. The SMILES string of the molecule is Cc1ncsc1-c1ccc([C@H](C)NC(=O)[C@@H]2C[C@@H](O)CN2C(=O)[C@@H](NC(=O)CCCCCc2ccc(C(=O)NC3C(C)(C)C(Oc4ccc(C#N)c(Cl)c4)C3(C)C)cc2)C(C)(C)C)cc1. The van der Waals surface area contributed by atoms with Gasteiger partial charge in [-0.2, -0.15) is 5.26 Å². The van der Waals surface area contributed by atoms with Crippen LogP contribution in [0, 0.1) is 34.5 Å².